The van der Waals surface area contributed by atoms with Crippen molar-refractivity contribution in [2.75, 3.05) is 7.05 Å². The van der Waals surface area contributed by atoms with Gasteiger partial charge in [-0.1, -0.05) is 23.7 Å². The van der Waals surface area contributed by atoms with E-state index in [2.05, 4.69) is 4.98 Å². The smallest absolute Gasteiger partial charge is 0.232 e. The summed E-state index contributed by atoms with van der Waals surface area (Å²) < 4.78 is 27.8. The second kappa shape index (κ2) is 5.43. The van der Waals surface area contributed by atoms with Crippen LogP contribution in [-0.4, -0.2) is 29.2 Å². The predicted molar refractivity (Wildman–Crippen MR) is 87.7 cm³/mol. The van der Waals surface area contributed by atoms with Gasteiger partial charge in [0.1, 0.15) is 10.7 Å². The molecule has 1 aromatic heterocycles. The number of hydrogen-bond acceptors (Lipinski definition) is 4. The fourth-order valence-electron chi connectivity index (χ4n) is 2.41. The van der Waals surface area contributed by atoms with E-state index in [1.54, 1.807) is 31.2 Å². The first-order chi connectivity index (χ1) is 10.8. The lowest BCUT2D eigenvalue weighted by molar-refractivity contribution is -0.428. The van der Waals surface area contributed by atoms with Crippen LogP contribution in [0.2, 0.25) is 5.02 Å². The van der Waals surface area contributed by atoms with Crippen molar-refractivity contribution in [3.63, 3.8) is 0 Å². The highest BCUT2D eigenvalue weighted by atomic mass is 35.5. The maximum absolute atomic E-state index is 13.0. The number of aryl methyl sites for hydroxylation is 1. The Hall–Kier alpha value is -2.25. The molecule has 0 aliphatic rings. The number of rotatable bonds is 3. The van der Waals surface area contributed by atoms with Crippen LogP contribution in [0.1, 0.15) is 5.82 Å². The molecular formula is C15H13ClN3O3S+. The minimum absolute atomic E-state index is 0.0489. The van der Waals surface area contributed by atoms with E-state index in [-0.39, 0.29) is 15.6 Å². The van der Waals surface area contributed by atoms with Gasteiger partial charge in [0.15, 0.2) is 7.05 Å². The number of halogens is 1. The SMILES string of the molecule is Cc1nc2ccccc2n1S(=O)(=O)c1cc([N+](C)=O)ccc1Cl. The van der Waals surface area contributed by atoms with Gasteiger partial charge in [0.2, 0.25) is 0 Å². The molecule has 0 N–H and O–H groups in total. The van der Waals surface area contributed by atoms with E-state index in [1.165, 1.54) is 25.2 Å². The third-order valence-corrected chi connectivity index (χ3v) is 5.75. The van der Waals surface area contributed by atoms with Crippen LogP contribution in [0.25, 0.3) is 11.0 Å². The number of nitroso groups, excluding NO2 is 1. The van der Waals surface area contributed by atoms with Gasteiger partial charge in [0.25, 0.3) is 15.7 Å². The molecule has 0 radical (unpaired) electrons. The summed E-state index contributed by atoms with van der Waals surface area (Å²) in [6, 6.07) is 11.0. The van der Waals surface area contributed by atoms with Crippen molar-refractivity contribution >= 4 is 38.3 Å². The Morgan fingerprint density at radius 1 is 1.17 bits per heavy atom. The van der Waals surface area contributed by atoms with Gasteiger partial charge in [-0.05, 0) is 25.1 Å². The predicted octanol–water partition coefficient (Wildman–Crippen LogP) is 3.28. The van der Waals surface area contributed by atoms with Crippen LogP contribution in [0.15, 0.2) is 47.4 Å². The topological polar surface area (TPSA) is 72.0 Å². The van der Waals surface area contributed by atoms with Crippen molar-refractivity contribution in [2.45, 2.75) is 11.8 Å². The van der Waals surface area contributed by atoms with Crippen molar-refractivity contribution < 1.29 is 13.2 Å². The van der Waals surface area contributed by atoms with Gasteiger partial charge >= 0.3 is 0 Å². The monoisotopic (exact) mass is 350 g/mol. The summed E-state index contributed by atoms with van der Waals surface area (Å²) in [4.78, 5) is 15.6. The molecule has 0 spiro atoms. The van der Waals surface area contributed by atoms with Gasteiger partial charge in [-0.15, -0.1) is 0 Å². The Labute approximate surface area is 138 Å². The van der Waals surface area contributed by atoms with Gasteiger partial charge in [0, 0.05) is 21.8 Å². The number of fused-ring (bicyclic) bond motifs is 1. The summed E-state index contributed by atoms with van der Waals surface area (Å²) in [5.74, 6) is 0.322. The maximum Gasteiger partial charge on any atom is 0.271 e. The molecule has 0 atom stereocenters. The van der Waals surface area contributed by atoms with Crippen molar-refractivity contribution in [2.24, 2.45) is 0 Å². The maximum atomic E-state index is 13.0. The number of benzene rings is 2. The Kier molecular flexibility index (Phi) is 3.69. The first-order valence-electron chi connectivity index (χ1n) is 6.72. The molecule has 3 rings (SSSR count). The van der Waals surface area contributed by atoms with E-state index in [4.69, 9.17) is 11.6 Å². The third kappa shape index (κ3) is 2.51. The highest BCUT2D eigenvalue weighted by Crippen LogP contribution is 2.30. The molecule has 0 saturated carbocycles. The van der Waals surface area contributed by atoms with E-state index >= 15 is 0 Å². The standard InChI is InChI=1S/C15H13ClN3O3S/c1-10-17-13-5-3-4-6-14(13)19(10)23(21,22)15-9-11(18(2)20)7-8-12(15)16/h3-9H,1-2H3/q+1. The van der Waals surface area contributed by atoms with Gasteiger partial charge in [-0.2, -0.15) is 0 Å². The molecule has 2 aromatic carbocycles. The largest absolute Gasteiger partial charge is 0.271 e. The summed E-state index contributed by atoms with van der Waals surface area (Å²) in [6.07, 6.45) is 0. The molecule has 0 bridgehead atoms. The molecule has 1 heterocycles. The normalized spacial score (nSPS) is 11.8. The van der Waals surface area contributed by atoms with Gasteiger partial charge in [0.05, 0.1) is 16.1 Å². The third-order valence-electron chi connectivity index (χ3n) is 3.47. The zero-order valence-electron chi connectivity index (χ0n) is 12.4. The highest BCUT2D eigenvalue weighted by Gasteiger charge is 2.27. The molecule has 0 unspecified atom stereocenters. The molecule has 6 nitrogen and oxygen atoms in total. The van der Waals surface area contributed by atoms with Gasteiger partial charge < -0.3 is 0 Å². The number of aromatic nitrogens is 2. The minimum atomic E-state index is -3.98. The first kappa shape index (κ1) is 15.6. The quantitative estimate of drug-likeness (QED) is 0.679. The molecule has 8 heteroatoms. The van der Waals surface area contributed by atoms with Crippen LogP contribution in [0.4, 0.5) is 5.69 Å². The number of hydrogen-bond donors (Lipinski definition) is 0. The second-order valence-corrected chi connectivity index (χ2v) is 7.19. The molecule has 0 amide bonds. The van der Waals surface area contributed by atoms with Crippen LogP contribution >= 0.6 is 11.6 Å². The summed E-state index contributed by atoms with van der Waals surface area (Å²) in [5.41, 5.74) is 1.23. The van der Waals surface area contributed by atoms with Crippen LogP contribution < -0.4 is 0 Å². The van der Waals surface area contributed by atoms with Crippen molar-refractivity contribution in [3.8, 4) is 0 Å². The minimum Gasteiger partial charge on any atom is -0.232 e. The average Bonchev–Trinajstić information content (AvgIpc) is 2.83. The molecule has 0 fully saturated rings. The lowest BCUT2D eigenvalue weighted by Crippen LogP contribution is -2.15. The molecular weight excluding hydrogens is 338 g/mol. The number of para-hydroxylation sites is 2. The second-order valence-electron chi connectivity index (χ2n) is 5.03. The van der Waals surface area contributed by atoms with Gasteiger partial charge in [-0.25, -0.2) is 17.4 Å². The molecule has 0 aliphatic heterocycles. The number of imidazole rings is 1. The van der Waals surface area contributed by atoms with Crippen LogP contribution in [0, 0.1) is 11.8 Å². The van der Waals surface area contributed by atoms with Gasteiger partial charge in [-0.3, -0.25) is 0 Å². The molecule has 23 heavy (non-hydrogen) atoms. The average molecular weight is 351 g/mol. The van der Waals surface area contributed by atoms with E-state index in [9.17, 15) is 13.3 Å². The molecule has 3 aromatic rings. The Morgan fingerprint density at radius 2 is 1.87 bits per heavy atom. The molecule has 118 valence electrons. The van der Waals surface area contributed by atoms with E-state index in [1.807, 2.05) is 0 Å². The summed E-state index contributed by atoms with van der Waals surface area (Å²) in [6.45, 7) is 1.61. The van der Waals surface area contributed by atoms with Crippen molar-refractivity contribution in [3.05, 3.63) is 58.2 Å². The van der Waals surface area contributed by atoms with E-state index in [0.717, 1.165) is 3.97 Å². The molecule has 0 saturated heterocycles. The zero-order chi connectivity index (χ0) is 16.8. The summed E-state index contributed by atoms with van der Waals surface area (Å²) in [5, 5.41) is 0.0489. The van der Waals surface area contributed by atoms with Crippen LogP contribution in [0.5, 0.6) is 0 Å². The lowest BCUT2D eigenvalue weighted by Gasteiger charge is -2.10. The first-order valence-corrected chi connectivity index (χ1v) is 8.54. The van der Waals surface area contributed by atoms with Crippen molar-refractivity contribution in [1.29, 1.82) is 0 Å². The van der Waals surface area contributed by atoms with Crippen LogP contribution in [0.3, 0.4) is 0 Å². The number of nitrogens with zero attached hydrogens (tertiary/aromatic N) is 3. The Morgan fingerprint density at radius 3 is 2.57 bits per heavy atom. The van der Waals surface area contributed by atoms with E-state index in [0.29, 0.717) is 21.6 Å². The van der Waals surface area contributed by atoms with E-state index < -0.39 is 10.0 Å². The fraction of sp³-hybridized carbons (Fsp3) is 0.133. The lowest BCUT2D eigenvalue weighted by atomic mass is 10.3. The Bertz CT molecular complexity index is 1040. The molecule has 0 aliphatic carbocycles. The Balaban J connectivity index is 2.32. The zero-order valence-corrected chi connectivity index (χ0v) is 14.0. The van der Waals surface area contributed by atoms with Crippen molar-refractivity contribution in [1.82, 2.24) is 8.96 Å². The fourth-order valence-corrected chi connectivity index (χ4v) is 4.40. The summed E-state index contributed by atoms with van der Waals surface area (Å²) in [7, 11) is -2.69. The highest BCUT2D eigenvalue weighted by molar-refractivity contribution is 7.90. The summed E-state index contributed by atoms with van der Waals surface area (Å²) >= 11 is 6.07. The van der Waals surface area contributed by atoms with Crippen LogP contribution in [-0.2, 0) is 10.0 Å².